The minimum atomic E-state index is -0.0182. The molecule has 0 radical (unpaired) electrons. The van der Waals surface area contributed by atoms with Crippen molar-refractivity contribution >= 4 is 23.1 Å². The lowest BCUT2D eigenvalue weighted by molar-refractivity contribution is 0.0726. The fourth-order valence-electron chi connectivity index (χ4n) is 4.64. The number of amides is 1. The molecule has 0 aliphatic carbocycles. The zero-order valence-electron chi connectivity index (χ0n) is 18.5. The number of rotatable bonds is 5. The topological polar surface area (TPSA) is 74.2 Å². The van der Waals surface area contributed by atoms with E-state index in [0.717, 1.165) is 60.1 Å². The Balaban J connectivity index is 1.35. The summed E-state index contributed by atoms with van der Waals surface area (Å²) < 4.78 is 0. The normalized spacial score (nSPS) is 18.6. The summed E-state index contributed by atoms with van der Waals surface area (Å²) in [4.78, 5) is 31.8. The molecule has 2 aromatic heterocycles. The summed E-state index contributed by atoms with van der Waals surface area (Å²) in [6, 6.07) is 10.5. The lowest BCUT2D eigenvalue weighted by Crippen LogP contribution is -2.37. The number of likely N-dealkylation sites (tertiary alicyclic amines) is 1. The standard InChI is InChI=1S/C24H28N6OS/c1-25-22-17-10-12-30(14-18(17)27-23(28-22)20-9-6-11-29(20)2)24(31)19-15-32-21(26-19)13-16-7-4-3-5-8-16/h3-5,7-8,15,20H,6,9-14H2,1-2H3,(H,25,27,28). The van der Waals surface area contributed by atoms with Crippen molar-refractivity contribution in [2.45, 2.75) is 38.3 Å². The van der Waals surface area contributed by atoms with Crippen LogP contribution in [-0.4, -0.2) is 57.8 Å². The highest BCUT2D eigenvalue weighted by molar-refractivity contribution is 7.09. The number of thiazole rings is 1. The van der Waals surface area contributed by atoms with Gasteiger partial charge in [0.05, 0.1) is 23.3 Å². The number of nitrogens with zero attached hydrogens (tertiary/aromatic N) is 5. The van der Waals surface area contributed by atoms with Gasteiger partial charge in [0, 0.05) is 31.0 Å². The van der Waals surface area contributed by atoms with E-state index in [1.807, 2.05) is 35.5 Å². The number of hydrogen-bond acceptors (Lipinski definition) is 7. The minimum absolute atomic E-state index is 0.0182. The molecule has 166 valence electrons. The lowest BCUT2D eigenvalue weighted by Gasteiger charge is -2.30. The molecule has 3 aromatic rings. The van der Waals surface area contributed by atoms with Gasteiger partial charge in [0.2, 0.25) is 0 Å². The quantitative estimate of drug-likeness (QED) is 0.644. The molecule has 1 amide bonds. The molecule has 1 unspecified atom stereocenters. The van der Waals surface area contributed by atoms with E-state index in [1.54, 1.807) is 11.3 Å². The number of benzene rings is 1. The summed E-state index contributed by atoms with van der Waals surface area (Å²) in [6.07, 6.45) is 3.73. The highest BCUT2D eigenvalue weighted by atomic mass is 32.1. The first-order valence-electron chi connectivity index (χ1n) is 11.2. The number of aromatic nitrogens is 3. The number of nitrogens with one attached hydrogen (secondary N) is 1. The van der Waals surface area contributed by atoms with Crippen LogP contribution in [-0.2, 0) is 19.4 Å². The fourth-order valence-corrected chi connectivity index (χ4v) is 5.44. The largest absolute Gasteiger partial charge is 0.373 e. The van der Waals surface area contributed by atoms with Gasteiger partial charge in [-0.3, -0.25) is 9.69 Å². The molecule has 2 aliphatic heterocycles. The number of fused-ring (bicyclic) bond motifs is 1. The first kappa shape index (κ1) is 21.0. The van der Waals surface area contributed by atoms with Gasteiger partial charge >= 0.3 is 0 Å². The summed E-state index contributed by atoms with van der Waals surface area (Å²) in [7, 11) is 4.04. The Morgan fingerprint density at radius 3 is 2.78 bits per heavy atom. The molecule has 8 heteroatoms. The van der Waals surface area contributed by atoms with Gasteiger partial charge in [-0.2, -0.15) is 0 Å². The Morgan fingerprint density at radius 1 is 1.19 bits per heavy atom. The molecule has 1 saturated heterocycles. The van der Waals surface area contributed by atoms with Crippen molar-refractivity contribution in [2.75, 3.05) is 32.5 Å². The van der Waals surface area contributed by atoms with Crippen molar-refractivity contribution in [1.82, 2.24) is 24.8 Å². The lowest BCUT2D eigenvalue weighted by atomic mass is 10.0. The van der Waals surface area contributed by atoms with Gasteiger partial charge in [0.1, 0.15) is 17.3 Å². The second-order valence-electron chi connectivity index (χ2n) is 8.51. The molecule has 1 aromatic carbocycles. The third-order valence-electron chi connectivity index (χ3n) is 6.39. The third kappa shape index (κ3) is 4.12. The van der Waals surface area contributed by atoms with Crippen molar-refractivity contribution in [3.63, 3.8) is 0 Å². The molecule has 0 spiro atoms. The first-order valence-corrected chi connectivity index (χ1v) is 12.1. The zero-order valence-corrected chi connectivity index (χ0v) is 19.4. The number of hydrogen-bond donors (Lipinski definition) is 1. The monoisotopic (exact) mass is 448 g/mol. The van der Waals surface area contributed by atoms with Crippen molar-refractivity contribution in [3.8, 4) is 0 Å². The van der Waals surface area contributed by atoms with Gasteiger partial charge < -0.3 is 10.2 Å². The molecule has 1 fully saturated rings. The van der Waals surface area contributed by atoms with Crippen LogP contribution in [0.2, 0.25) is 0 Å². The van der Waals surface area contributed by atoms with E-state index < -0.39 is 0 Å². The Labute approximate surface area is 192 Å². The van der Waals surface area contributed by atoms with Gasteiger partial charge in [-0.1, -0.05) is 30.3 Å². The summed E-state index contributed by atoms with van der Waals surface area (Å²) in [5, 5.41) is 6.10. The van der Waals surface area contributed by atoms with Crippen LogP contribution in [0.5, 0.6) is 0 Å². The molecule has 2 aliphatic rings. The van der Waals surface area contributed by atoms with E-state index in [0.29, 0.717) is 18.8 Å². The zero-order chi connectivity index (χ0) is 22.1. The second kappa shape index (κ2) is 8.96. The van der Waals surface area contributed by atoms with Crippen LogP contribution in [0.1, 0.15) is 57.0 Å². The van der Waals surface area contributed by atoms with Crippen LogP contribution < -0.4 is 5.32 Å². The van der Waals surface area contributed by atoms with Crippen LogP contribution >= 0.6 is 11.3 Å². The number of carbonyl (C=O) groups is 1. The molecular weight excluding hydrogens is 420 g/mol. The molecular formula is C24H28N6OS. The van der Waals surface area contributed by atoms with E-state index in [2.05, 4.69) is 34.4 Å². The predicted molar refractivity (Wildman–Crippen MR) is 126 cm³/mol. The number of carbonyl (C=O) groups excluding carboxylic acids is 1. The summed E-state index contributed by atoms with van der Waals surface area (Å²) in [6.45, 7) is 2.22. The maximum absolute atomic E-state index is 13.2. The van der Waals surface area contributed by atoms with E-state index in [-0.39, 0.29) is 11.9 Å². The molecule has 1 atom stereocenters. The minimum Gasteiger partial charge on any atom is -0.373 e. The van der Waals surface area contributed by atoms with Gasteiger partial charge in [0.25, 0.3) is 5.91 Å². The summed E-state index contributed by atoms with van der Waals surface area (Å²) in [5.41, 5.74) is 3.82. The third-order valence-corrected chi connectivity index (χ3v) is 7.24. The average Bonchev–Trinajstić information content (AvgIpc) is 3.47. The Morgan fingerprint density at radius 2 is 2.03 bits per heavy atom. The van der Waals surface area contributed by atoms with Crippen molar-refractivity contribution in [2.24, 2.45) is 0 Å². The summed E-state index contributed by atoms with van der Waals surface area (Å²) in [5.74, 6) is 1.74. The van der Waals surface area contributed by atoms with E-state index in [9.17, 15) is 4.79 Å². The van der Waals surface area contributed by atoms with Gasteiger partial charge in [0.15, 0.2) is 0 Å². The van der Waals surface area contributed by atoms with Crippen molar-refractivity contribution in [1.29, 1.82) is 0 Å². The Bertz CT molecular complexity index is 1110. The van der Waals surface area contributed by atoms with Gasteiger partial charge in [-0.25, -0.2) is 15.0 Å². The molecule has 4 heterocycles. The molecule has 5 rings (SSSR count). The van der Waals surface area contributed by atoms with Crippen molar-refractivity contribution < 1.29 is 4.79 Å². The Kier molecular flexibility index (Phi) is 5.89. The average molecular weight is 449 g/mol. The van der Waals surface area contributed by atoms with Crippen LogP contribution in [0.3, 0.4) is 0 Å². The second-order valence-corrected chi connectivity index (χ2v) is 9.45. The molecule has 32 heavy (non-hydrogen) atoms. The van der Waals surface area contributed by atoms with Crippen LogP contribution in [0.4, 0.5) is 5.82 Å². The van der Waals surface area contributed by atoms with Crippen LogP contribution in [0, 0.1) is 0 Å². The summed E-state index contributed by atoms with van der Waals surface area (Å²) >= 11 is 1.55. The first-order chi connectivity index (χ1) is 15.6. The highest BCUT2D eigenvalue weighted by Crippen LogP contribution is 2.32. The van der Waals surface area contributed by atoms with Crippen molar-refractivity contribution in [3.05, 3.63) is 69.1 Å². The number of anilines is 1. The predicted octanol–water partition coefficient (Wildman–Crippen LogP) is 3.53. The van der Waals surface area contributed by atoms with E-state index in [1.165, 1.54) is 5.56 Å². The highest BCUT2D eigenvalue weighted by Gasteiger charge is 2.30. The van der Waals surface area contributed by atoms with E-state index >= 15 is 0 Å². The van der Waals surface area contributed by atoms with Crippen LogP contribution in [0.15, 0.2) is 35.7 Å². The van der Waals surface area contributed by atoms with Gasteiger partial charge in [-0.15, -0.1) is 11.3 Å². The van der Waals surface area contributed by atoms with Gasteiger partial charge in [-0.05, 0) is 38.4 Å². The molecule has 1 N–H and O–H groups in total. The van der Waals surface area contributed by atoms with E-state index in [4.69, 9.17) is 9.97 Å². The molecule has 0 bridgehead atoms. The maximum atomic E-state index is 13.2. The van der Waals surface area contributed by atoms with Crippen LogP contribution in [0.25, 0.3) is 0 Å². The smallest absolute Gasteiger partial charge is 0.273 e. The molecule has 7 nitrogen and oxygen atoms in total. The Hall–Kier alpha value is -2.84. The maximum Gasteiger partial charge on any atom is 0.273 e. The molecule has 0 saturated carbocycles. The fraction of sp³-hybridized carbons (Fsp3) is 0.417. The SMILES string of the molecule is CNc1nc(C2CCCN2C)nc2c1CCN(C(=O)c1csc(Cc3ccccc3)n1)C2.